The molecule has 1 saturated carbocycles. The van der Waals surface area contributed by atoms with Crippen LogP contribution in [0, 0.1) is 15.3 Å². The summed E-state index contributed by atoms with van der Waals surface area (Å²) < 4.78 is 14.1. The smallest absolute Gasteiger partial charge is 0.138 e. The highest BCUT2D eigenvalue weighted by Crippen LogP contribution is 2.29. The lowest BCUT2D eigenvalue weighted by atomic mass is 9.84. The van der Waals surface area contributed by atoms with Crippen LogP contribution in [0.25, 0.3) is 0 Å². The normalized spacial score (nSPS) is 19.0. The van der Waals surface area contributed by atoms with Crippen LogP contribution >= 0.6 is 22.6 Å². The van der Waals surface area contributed by atoms with Crippen LogP contribution in [0.1, 0.15) is 39.0 Å². The molecule has 0 heterocycles. The van der Waals surface area contributed by atoms with Gasteiger partial charge >= 0.3 is 0 Å². The summed E-state index contributed by atoms with van der Waals surface area (Å²) in [6.45, 7) is 2.22. The molecule has 0 aliphatic heterocycles. The molecule has 94 valence electrons. The summed E-state index contributed by atoms with van der Waals surface area (Å²) >= 11 is 2.07. The number of hydrogen-bond donors (Lipinski definition) is 1. The monoisotopic (exact) mass is 347 g/mol. The minimum atomic E-state index is -0.133. The zero-order chi connectivity index (χ0) is 12.3. The van der Waals surface area contributed by atoms with E-state index in [2.05, 4.69) is 34.8 Å². The maximum Gasteiger partial charge on any atom is 0.138 e. The number of rotatable bonds is 3. The number of anilines is 1. The Hall–Kier alpha value is -0.320. The van der Waals surface area contributed by atoms with Crippen LogP contribution in [0.4, 0.5) is 10.1 Å². The van der Waals surface area contributed by atoms with Crippen molar-refractivity contribution in [3.8, 4) is 0 Å². The minimum absolute atomic E-state index is 0.133. The van der Waals surface area contributed by atoms with Crippen LogP contribution in [0.2, 0.25) is 0 Å². The van der Waals surface area contributed by atoms with Gasteiger partial charge < -0.3 is 5.32 Å². The second kappa shape index (κ2) is 6.03. The van der Waals surface area contributed by atoms with Crippen molar-refractivity contribution < 1.29 is 4.39 Å². The molecule has 1 aromatic rings. The summed E-state index contributed by atoms with van der Waals surface area (Å²) in [4.78, 5) is 0. The number of hydrogen-bond acceptors (Lipinski definition) is 1. The quantitative estimate of drug-likeness (QED) is 0.774. The van der Waals surface area contributed by atoms with E-state index in [9.17, 15) is 4.39 Å². The Kier molecular flexibility index (Phi) is 4.65. The lowest BCUT2D eigenvalue weighted by Gasteiger charge is -2.29. The highest BCUT2D eigenvalue weighted by Gasteiger charge is 2.20. The predicted molar refractivity (Wildman–Crippen MR) is 78.8 cm³/mol. The molecule has 17 heavy (non-hydrogen) atoms. The van der Waals surface area contributed by atoms with Gasteiger partial charge in [0.2, 0.25) is 0 Å². The average Bonchev–Trinajstić information content (AvgIpc) is 2.36. The fourth-order valence-corrected chi connectivity index (χ4v) is 3.13. The van der Waals surface area contributed by atoms with Gasteiger partial charge in [-0.1, -0.05) is 25.3 Å². The Morgan fingerprint density at radius 1 is 1.29 bits per heavy atom. The van der Waals surface area contributed by atoms with Crippen molar-refractivity contribution in [3.05, 3.63) is 27.6 Å². The zero-order valence-electron chi connectivity index (χ0n) is 10.2. The van der Waals surface area contributed by atoms with E-state index in [4.69, 9.17) is 0 Å². The van der Waals surface area contributed by atoms with Gasteiger partial charge in [-0.3, -0.25) is 0 Å². The third-order valence-electron chi connectivity index (χ3n) is 3.69. The molecular weight excluding hydrogens is 328 g/mol. The fourth-order valence-electron chi connectivity index (χ4n) is 2.61. The maximum absolute atomic E-state index is 13.4. The molecule has 0 spiro atoms. The van der Waals surface area contributed by atoms with Crippen molar-refractivity contribution in [1.29, 1.82) is 0 Å². The molecule has 0 radical (unpaired) electrons. The number of nitrogens with one attached hydrogen (secondary N) is 1. The van der Waals surface area contributed by atoms with E-state index in [1.165, 1.54) is 38.2 Å². The SMILES string of the molecule is CC(Nc1cccc(F)c1I)C1CCCCC1. The minimum Gasteiger partial charge on any atom is -0.381 e. The number of benzene rings is 1. The summed E-state index contributed by atoms with van der Waals surface area (Å²) in [7, 11) is 0. The summed E-state index contributed by atoms with van der Waals surface area (Å²) in [5.41, 5.74) is 0.934. The zero-order valence-corrected chi connectivity index (χ0v) is 12.3. The molecule has 0 bridgehead atoms. The molecule has 1 aliphatic rings. The van der Waals surface area contributed by atoms with Crippen molar-refractivity contribution in [1.82, 2.24) is 0 Å². The Bertz CT molecular complexity index is 374. The Morgan fingerprint density at radius 2 is 2.00 bits per heavy atom. The van der Waals surface area contributed by atoms with E-state index in [-0.39, 0.29) is 5.82 Å². The Morgan fingerprint density at radius 3 is 2.71 bits per heavy atom. The summed E-state index contributed by atoms with van der Waals surface area (Å²) in [5.74, 6) is 0.606. The molecular formula is C14H19FIN. The maximum atomic E-state index is 13.4. The second-order valence-corrected chi connectivity index (χ2v) is 6.01. The first-order valence-corrected chi connectivity index (χ1v) is 7.47. The Labute approximate surface area is 116 Å². The van der Waals surface area contributed by atoms with Gasteiger partial charge in [-0.2, -0.15) is 0 Å². The Balaban J connectivity index is 2.01. The van der Waals surface area contributed by atoms with E-state index in [0.717, 1.165) is 11.6 Å². The van der Waals surface area contributed by atoms with Gasteiger partial charge in [-0.15, -0.1) is 0 Å². The van der Waals surface area contributed by atoms with E-state index < -0.39 is 0 Å². The largest absolute Gasteiger partial charge is 0.381 e. The van der Waals surface area contributed by atoms with E-state index in [1.807, 2.05) is 6.07 Å². The van der Waals surface area contributed by atoms with Crippen molar-refractivity contribution in [2.24, 2.45) is 5.92 Å². The molecule has 1 nitrogen and oxygen atoms in total. The van der Waals surface area contributed by atoms with Gasteiger partial charge in [-0.25, -0.2) is 4.39 Å². The van der Waals surface area contributed by atoms with Crippen LogP contribution in [-0.4, -0.2) is 6.04 Å². The molecule has 1 atom stereocenters. The van der Waals surface area contributed by atoms with Crippen LogP contribution in [0.15, 0.2) is 18.2 Å². The van der Waals surface area contributed by atoms with Gasteiger partial charge in [0.1, 0.15) is 5.82 Å². The van der Waals surface area contributed by atoms with Crippen molar-refractivity contribution in [2.75, 3.05) is 5.32 Å². The molecule has 2 rings (SSSR count). The first kappa shape index (κ1) is 13.1. The molecule has 1 aliphatic carbocycles. The molecule has 0 aromatic heterocycles. The predicted octanol–water partition coefficient (Wildman–Crippen LogP) is 4.81. The first-order chi connectivity index (χ1) is 8.18. The highest BCUT2D eigenvalue weighted by molar-refractivity contribution is 14.1. The first-order valence-electron chi connectivity index (χ1n) is 6.39. The topological polar surface area (TPSA) is 12.0 Å². The van der Waals surface area contributed by atoms with Crippen LogP contribution in [0.3, 0.4) is 0 Å². The van der Waals surface area contributed by atoms with Crippen molar-refractivity contribution >= 4 is 28.3 Å². The third kappa shape index (κ3) is 3.33. The second-order valence-electron chi connectivity index (χ2n) is 4.93. The molecule has 3 heteroatoms. The van der Waals surface area contributed by atoms with Crippen LogP contribution in [-0.2, 0) is 0 Å². The van der Waals surface area contributed by atoms with Crippen molar-refractivity contribution in [2.45, 2.75) is 45.1 Å². The molecule has 1 aromatic carbocycles. The van der Waals surface area contributed by atoms with Gasteiger partial charge in [-0.05, 0) is 60.4 Å². The summed E-state index contributed by atoms with van der Waals surface area (Å²) in [5, 5.41) is 3.47. The average molecular weight is 347 g/mol. The van der Waals surface area contributed by atoms with Gasteiger partial charge in [0.15, 0.2) is 0 Å². The van der Waals surface area contributed by atoms with E-state index >= 15 is 0 Å². The fraction of sp³-hybridized carbons (Fsp3) is 0.571. The third-order valence-corrected chi connectivity index (χ3v) is 4.79. The van der Waals surface area contributed by atoms with Crippen LogP contribution in [0.5, 0.6) is 0 Å². The van der Waals surface area contributed by atoms with Gasteiger partial charge in [0, 0.05) is 6.04 Å². The molecule has 1 N–H and O–H groups in total. The van der Waals surface area contributed by atoms with Gasteiger partial charge in [0.25, 0.3) is 0 Å². The molecule has 1 unspecified atom stereocenters. The highest BCUT2D eigenvalue weighted by atomic mass is 127. The molecule has 0 amide bonds. The molecule has 1 fully saturated rings. The summed E-state index contributed by atoms with van der Waals surface area (Å²) in [6, 6.07) is 5.68. The summed E-state index contributed by atoms with van der Waals surface area (Å²) in [6.07, 6.45) is 6.68. The standard InChI is InChI=1S/C14H19FIN/c1-10(11-6-3-2-4-7-11)17-13-9-5-8-12(15)14(13)16/h5,8-11,17H,2-4,6-7H2,1H3. The lowest BCUT2D eigenvalue weighted by Crippen LogP contribution is -2.28. The lowest BCUT2D eigenvalue weighted by molar-refractivity contribution is 0.328. The number of halogens is 2. The molecule has 0 saturated heterocycles. The van der Waals surface area contributed by atoms with E-state index in [1.54, 1.807) is 6.07 Å². The van der Waals surface area contributed by atoms with Crippen LogP contribution < -0.4 is 5.32 Å². The van der Waals surface area contributed by atoms with Gasteiger partial charge in [0.05, 0.1) is 9.26 Å². The van der Waals surface area contributed by atoms with E-state index in [0.29, 0.717) is 9.61 Å². The van der Waals surface area contributed by atoms with Crippen molar-refractivity contribution in [3.63, 3.8) is 0 Å².